The molecule has 0 saturated carbocycles. The number of carbonyl (C=O) groups excluding carboxylic acids is 1. The van der Waals surface area contributed by atoms with Crippen molar-refractivity contribution in [2.75, 3.05) is 29.3 Å². The van der Waals surface area contributed by atoms with Gasteiger partial charge in [0.2, 0.25) is 15.9 Å². The highest BCUT2D eigenvalue weighted by molar-refractivity contribution is 7.92. The molecule has 10 heteroatoms. The van der Waals surface area contributed by atoms with Gasteiger partial charge >= 0.3 is 0 Å². The van der Waals surface area contributed by atoms with Gasteiger partial charge in [-0.3, -0.25) is 9.10 Å². The highest BCUT2D eigenvalue weighted by atomic mass is 32.2. The second-order valence-electron chi connectivity index (χ2n) is 8.70. The number of anilines is 2. The van der Waals surface area contributed by atoms with E-state index >= 15 is 0 Å². The molecule has 1 amide bonds. The van der Waals surface area contributed by atoms with Crippen LogP contribution in [0.4, 0.5) is 11.4 Å². The van der Waals surface area contributed by atoms with Crippen molar-refractivity contribution in [1.29, 1.82) is 0 Å². The van der Waals surface area contributed by atoms with Crippen molar-refractivity contribution >= 4 is 37.3 Å². The molecule has 1 saturated heterocycles. The molecular weight excluding hydrogens is 498 g/mol. The second kappa shape index (κ2) is 10.8. The van der Waals surface area contributed by atoms with Gasteiger partial charge in [-0.2, -0.15) is 4.31 Å². The highest BCUT2D eigenvalue weighted by Gasteiger charge is 2.28. The number of carbonyl (C=O) groups is 1. The van der Waals surface area contributed by atoms with Crippen LogP contribution in [0.3, 0.4) is 0 Å². The lowest BCUT2D eigenvalue weighted by Crippen LogP contribution is -2.38. The van der Waals surface area contributed by atoms with Crippen LogP contribution in [0.1, 0.15) is 24.8 Å². The fourth-order valence-corrected chi connectivity index (χ4v) is 7.06. The molecule has 1 heterocycles. The van der Waals surface area contributed by atoms with E-state index < -0.39 is 32.5 Å². The summed E-state index contributed by atoms with van der Waals surface area (Å²) in [6, 6.07) is 20.8. The van der Waals surface area contributed by atoms with Crippen molar-refractivity contribution in [3.8, 4) is 0 Å². The van der Waals surface area contributed by atoms with E-state index in [1.165, 1.54) is 40.7 Å². The number of sulfonamides is 2. The van der Waals surface area contributed by atoms with Crippen LogP contribution in [0.25, 0.3) is 0 Å². The van der Waals surface area contributed by atoms with E-state index in [4.69, 9.17) is 0 Å². The molecule has 1 fully saturated rings. The first-order valence-electron chi connectivity index (χ1n) is 11.7. The molecular formula is C26H29N3O5S2. The molecule has 3 aromatic carbocycles. The number of hydrogen-bond acceptors (Lipinski definition) is 5. The molecule has 1 N–H and O–H groups in total. The Labute approximate surface area is 212 Å². The lowest BCUT2D eigenvalue weighted by molar-refractivity contribution is -0.114. The quantitative estimate of drug-likeness (QED) is 0.477. The molecule has 0 unspecified atom stereocenters. The Morgan fingerprint density at radius 2 is 1.50 bits per heavy atom. The van der Waals surface area contributed by atoms with Crippen LogP contribution in [0.15, 0.2) is 88.7 Å². The molecule has 0 atom stereocenters. The fraction of sp³-hybridized carbons (Fsp3) is 0.269. The number of hydrogen-bond donors (Lipinski definition) is 1. The van der Waals surface area contributed by atoms with Crippen molar-refractivity contribution in [3.63, 3.8) is 0 Å². The fourth-order valence-electron chi connectivity index (χ4n) is 4.11. The summed E-state index contributed by atoms with van der Waals surface area (Å²) in [6.07, 6.45) is 2.71. The lowest BCUT2D eigenvalue weighted by atomic mass is 10.2. The molecule has 0 radical (unpaired) electrons. The minimum absolute atomic E-state index is 0.0755. The van der Waals surface area contributed by atoms with Crippen molar-refractivity contribution in [2.24, 2.45) is 0 Å². The molecule has 3 aromatic rings. The van der Waals surface area contributed by atoms with Crippen LogP contribution in [-0.2, 0) is 24.8 Å². The van der Waals surface area contributed by atoms with Gasteiger partial charge in [-0.15, -0.1) is 0 Å². The molecule has 1 aliphatic rings. The zero-order valence-corrected chi connectivity index (χ0v) is 21.6. The van der Waals surface area contributed by atoms with Gasteiger partial charge in [-0.05, 0) is 73.9 Å². The topological polar surface area (TPSA) is 104 Å². The lowest BCUT2D eigenvalue weighted by Gasteiger charge is -2.26. The first-order chi connectivity index (χ1) is 17.2. The third-order valence-corrected chi connectivity index (χ3v) is 9.70. The normalized spacial score (nSPS) is 14.8. The number of rotatable bonds is 8. The SMILES string of the molecule is Cc1cccc(N(CC(=O)Nc2ccc(S(=O)(=O)N3CCCCC3)cc2)S(=O)(=O)c2ccccc2)c1. The standard InChI is InChI=1S/C26H29N3O5S2/c1-21-9-8-10-23(19-21)29(36(33,34)24-11-4-2-5-12-24)20-26(30)27-22-13-15-25(16-14-22)35(31,32)28-17-6-3-7-18-28/h2,4-5,8-16,19H,3,6-7,17-18,20H2,1H3,(H,27,30). The minimum atomic E-state index is -4.01. The van der Waals surface area contributed by atoms with Crippen molar-refractivity contribution < 1.29 is 21.6 Å². The van der Waals surface area contributed by atoms with Gasteiger partial charge in [0.15, 0.2) is 0 Å². The maximum Gasteiger partial charge on any atom is 0.264 e. The van der Waals surface area contributed by atoms with E-state index in [0.717, 1.165) is 29.1 Å². The van der Waals surface area contributed by atoms with Crippen LogP contribution >= 0.6 is 0 Å². The van der Waals surface area contributed by atoms with Crippen molar-refractivity contribution in [1.82, 2.24) is 4.31 Å². The van der Waals surface area contributed by atoms with Crippen LogP contribution < -0.4 is 9.62 Å². The van der Waals surface area contributed by atoms with Gasteiger partial charge < -0.3 is 5.32 Å². The van der Waals surface area contributed by atoms with Gasteiger partial charge in [0, 0.05) is 18.8 Å². The Morgan fingerprint density at radius 1 is 0.833 bits per heavy atom. The molecule has 0 aromatic heterocycles. The summed E-state index contributed by atoms with van der Waals surface area (Å²) in [5.74, 6) is -0.553. The van der Waals surface area contributed by atoms with Gasteiger partial charge in [-0.1, -0.05) is 36.8 Å². The summed E-state index contributed by atoms with van der Waals surface area (Å²) in [5.41, 5.74) is 1.60. The molecule has 1 aliphatic heterocycles. The number of benzene rings is 3. The van der Waals surface area contributed by atoms with Crippen molar-refractivity contribution in [2.45, 2.75) is 36.0 Å². The summed E-state index contributed by atoms with van der Waals surface area (Å²) in [4.78, 5) is 13.2. The van der Waals surface area contributed by atoms with E-state index in [-0.39, 0.29) is 9.79 Å². The summed E-state index contributed by atoms with van der Waals surface area (Å²) in [5, 5.41) is 2.69. The average Bonchev–Trinajstić information content (AvgIpc) is 2.88. The van der Waals surface area contributed by atoms with E-state index in [0.29, 0.717) is 24.5 Å². The number of nitrogens with one attached hydrogen (secondary N) is 1. The Kier molecular flexibility index (Phi) is 7.77. The van der Waals surface area contributed by atoms with E-state index in [1.807, 2.05) is 13.0 Å². The molecule has 0 aliphatic carbocycles. The molecule has 8 nitrogen and oxygen atoms in total. The van der Waals surface area contributed by atoms with Gasteiger partial charge in [0.05, 0.1) is 15.5 Å². The van der Waals surface area contributed by atoms with E-state index in [1.54, 1.807) is 36.4 Å². The Hall–Kier alpha value is -3.21. The molecule has 0 spiro atoms. The van der Waals surface area contributed by atoms with Crippen LogP contribution in [0.2, 0.25) is 0 Å². The molecule has 190 valence electrons. The molecule has 36 heavy (non-hydrogen) atoms. The molecule has 4 rings (SSSR count). The summed E-state index contributed by atoms with van der Waals surface area (Å²) >= 11 is 0. The highest BCUT2D eigenvalue weighted by Crippen LogP contribution is 2.25. The van der Waals surface area contributed by atoms with Crippen LogP contribution in [0.5, 0.6) is 0 Å². The Balaban J connectivity index is 1.53. The monoisotopic (exact) mass is 527 g/mol. The number of piperidine rings is 1. The van der Waals surface area contributed by atoms with Crippen molar-refractivity contribution in [3.05, 3.63) is 84.4 Å². The zero-order chi connectivity index (χ0) is 25.8. The van der Waals surface area contributed by atoms with E-state index in [9.17, 15) is 21.6 Å². The molecule has 0 bridgehead atoms. The Bertz CT molecular complexity index is 1420. The minimum Gasteiger partial charge on any atom is -0.325 e. The third-order valence-electron chi connectivity index (χ3n) is 6.00. The number of aryl methyl sites for hydroxylation is 1. The number of nitrogens with zero attached hydrogens (tertiary/aromatic N) is 2. The summed E-state index contributed by atoms with van der Waals surface area (Å²) in [7, 11) is -7.59. The van der Waals surface area contributed by atoms with Crippen LogP contribution in [0, 0.1) is 6.92 Å². The second-order valence-corrected chi connectivity index (χ2v) is 12.5. The maximum absolute atomic E-state index is 13.4. The maximum atomic E-state index is 13.4. The summed E-state index contributed by atoms with van der Waals surface area (Å²) < 4.78 is 55.1. The zero-order valence-electron chi connectivity index (χ0n) is 20.0. The Morgan fingerprint density at radius 3 is 2.14 bits per heavy atom. The predicted octanol–water partition coefficient (Wildman–Crippen LogP) is 4.00. The van der Waals surface area contributed by atoms with Gasteiger partial charge in [-0.25, -0.2) is 16.8 Å². The first kappa shape index (κ1) is 25.9. The van der Waals surface area contributed by atoms with Gasteiger partial charge in [0.1, 0.15) is 6.54 Å². The largest absolute Gasteiger partial charge is 0.325 e. The number of amides is 1. The average molecular weight is 528 g/mol. The third kappa shape index (κ3) is 5.77. The van der Waals surface area contributed by atoms with Gasteiger partial charge in [0.25, 0.3) is 10.0 Å². The summed E-state index contributed by atoms with van der Waals surface area (Å²) in [6.45, 7) is 2.40. The predicted molar refractivity (Wildman–Crippen MR) is 140 cm³/mol. The first-order valence-corrected chi connectivity index (χ1v) is 14.6. The van der Waals surface area contributed by atoms with Crippen LogP contribution in [-0.4, -0.2) is 46.7 Å². The smallest absolute Gasteiger partial charge is 0.264 e. The van der Waals surface area contributed by atoms with E-state index in [2.05, 4.69) is 5.32 Å².